The van der Waals surface area contributed by atoms with E-state index in [1.54, 1.807) is 0 Å². The van der Waals surface area contributed by atoms with E-state index in [-0.39, 0.29) is 12.5 Å². The molecular formula is C26H23ClN2O2. The molecular weight excluding hydrogens is 408 g/mol. The summed E-state index contributed by atoms with van der Waals surface area (Å²) in [6.07, 6.45) is 3.84. The molecule has 0 spiro atoms. The Hall–Kier alpha value is -3.39. The number of hydrogen-bond acceptors (Lipinski definition) is 4. The topological polar surface area (TPSA) is 62.1 Å². The van der Waals surface area contributed by atoms with E-state index < -0.39 is 0 Å². The highest BCUT2D eigenvalue weighted by Gasteiger charge is 2.09. The van der Waals surface area contributed by atoms with Crippen LogP contribution in [-0.2, 0) is 16.1 Å². The average Bonchev–Trinajstić information content (AvgIpc) is 2.80. The van der Waals surface area contributed by atoms with Crippen molar-refractivity contribution in [2.75, 3.05) is 13.7 Å². The molecule has 0 aliphatic carbocycles. The maximum atomic E-state index is 11.3. The lowest BCUT2D eigenvalue weighted by molar-refractivity contribution is -0.139. The molecule has 0 atom stereocenters. The molecule has 0 saturated heterocycles. The summed E-state index contributed by atoms with van der Waals surface area (Å²) in [5.41, 5.74) is 6.30. The number of esters is 1. The van der Waals surface area contributed by atoms with E-state index in [9.17, 15) is 10.1 Å². The van der Waals surface area contributed by atoms with E-state index in [0.717, 1.165) is 33.4 Å². The monoisotopic (exact) mass is 430 g/mol. The van der Waals surface area contributed by atoms with Gasteiger partial charge in [-0.15, -0.1) is 0 Å². The van der Waals surface area contributed by atoms with Crippen LogP contribution in [0.5, 0.6) is 0 Å². The average molecular weight is 431 g/mol. The first-order chi connectivity index (χ1) is 15.0. The predicted molar refractivity (Wildman–Crippen MR) is 125 cm³/mol. The molecule has 3 aromatic rings. The first kappa shape index (κ1) is 22.3. The number of nitriles is 1. The number of carbonyl (C=O) groups is 1. The summed E-state index contributed by atoms with van der Waals surface area (Å²) in [6.45, 7) is 2.66. The van der Waals surface area contributed by atoms with Crippen molar-refractivity contribution in [3.05, 3.63) is 93.5 Å². The van der Waals surface area contributed by atoms with E-state index in [0.29, 0.717) is 17.1 Å². The van der Waals surface area contributed by atoms with Crippen molar-refractivity contribution in [1.29, 1.82) is 5.26 Å². The van der Waals surface area contributed by atoms with Crippen molar-refractivity contribution in [3.8, 4) is 17.2 Å². The number of nitrogens with one attached hydrogen (secondary N) is 1. The molecule has 0 saturated carbocycles. The van der Waals surface area contributed by atoms with Gasteiger partial charge in [-0.25, -0.2) is 0 Å². The quantitative estimate of drug-likeness (QED) is 0.390. The zero-order valence-corrected chi connectivity index (χ0v) is 18.2. The van der Waals surface area contributed by atoms with Crippen molar-refractivity contribution < 1.29 is 9.53 Å². The predicted octanol–water partition coefficient (Wildman–Crippen LogP) is 5.62. The second-order valence-electron chi connectivity index (χ2n) is 7.06. The Morgan fingerprint density at radius 3 is 2.55 bits per heavy atom. The van der Waals surface area contributed by atoms with Gasteiger partial charge >= 0.3 is 5.97 Å². The fourth-order valence-corrected chi connectivity index (χ4v) is 3.56. The van der Waals surface area contributed by atoms with E-state index in [4.69, 9.17) is 11.6 Å². The molecule has 0 aromatic heterocycles. The minimum absolute atomic E-state index is 0.143. The summed E-state index contributed by atoms with van der Waals surface area (Å²) in [4.78, 5) is 11.3. The maximum absolute atomic E-state index is 11.3. The fraction of sp³-hybridized carbons (Fsp3) is 0.154. The number of carbonyl (C=O) groups excluding carboxylic acids is 1. The lowest BCUT2D eigenvalue weighted by Gasteiger charge is -2.10. The van der Waals surface area contributed by atoms with Crippen molar-refractivity contribution in [2.24, 2.45) is 0 Å². The highest BCUT2D eigenvalue weighted by molar-refractivity contribution is 6.32. The molecule has 0 aliphatic heterocycles. The van der Waals surface area contributed by atoms with Crippen molar-refractivity contribution in [2.45, 2.75) is 13.5 Å². The van der Waals surface area contributed by atoms with Crippen molar-refractivity contribution >= 4 is 29.7 Å². The Morgan fingerprint density at radius 1 is 1.10 bits per heavy atom. The number of hydrogen-bond donors (Lipinski definition) is 1. The lowest BCUT2D eigenvalue weighted by atomic mass is 9.95. The van der Waals surface area contributed by atoms with Crippen LogP contribution < -0.4 is 5.32 Å². The number of nitrogens with zero attached hydrogens (tertiary/aromatic N) is 1. The van der Waals surface area contributed by atoms with E-state index in [2.05, 4.69) is 16.1 Å². The van der Waals surface area contributed by atoms with Gasteiger partial charge in [-0.1, -0.05) is 78.4 Å². The fourth-order valence-electron chi connectivity index (χ4n) is 3.31. The lowest BCUT2D eigenvalue weighted by Crippen LogP contribution is -2.23. The molecule has 1 N–H and O–H groups in total. The number of halogens is 1. The van der Waals surface area contributed by atoms with Crippen molar-refractivity contribution in [3.63, 3.8) is 0 Å². The number of benzene rings is 3. The number of methoxy groups -OCH3 is 1. The van der Waals surface area contributed by atoms with E-state index in [1.165, 1.54) is 7.11 Å². The maximum Gasteiger partial charge on any atom is 0.319 e. The largest absolute Gasteiger partial charge is 0.468 e. The molecule has 0 fully saturated rings. The molecule has 0 bridgehead atoms. The highest BCUT2D eigenvalue weighted by Crippen LogP contribution is 2.28. The molecule has 0 radical (unpaired) electrons. The summed E-state index contributed by atoms with van der Waals surface area (Å²) < 4.78 is 4.63. The minimum Gasteiger partial charge on any atom is -0.468 e. The third-order valence-corrected chi connectivity index (χ3v) is 5.33. The van der Waals surface area contributed by atoms with E-state index >= 15 is 0 Å². The smallest absolute Gasteiger partial charge is 0.319 e. The molecule has 0 unspecified atom stereocenters. The second kappa shape index (κ2) is 10.6. The van der Waals surface area contributed by atoms with Crippen LogP contribution >= 0.6 is 11.6 Å². The van der Waals surface area contributed by atoms with Gasteiger partial charge in [-0.3, -0.25) is 4.79 Å². The third-order valence-electron chi connectivity index (χ3n) is 5.00. The van der Waals surface area contributed by atoms with Gasteiger partial charge in [0.25, 0.3) is 0 Å². The van der Waals surface area contributed by atoms with Gasteiger partial charge in [0.05, 0.1) is 19.2 Å². The summed E-state index contributed by atoms with van der Waals surface area (Å²) >= 11 is 6.50. The Kier molecular flexibility index (Phi) is 7.61. The standard InChI is InChI=1S/C26H23ClN2O2/c1-18-13-21(25(27)14-22(18)16-29-17-26(30)31-2)12-11-20-9-6-10-23(24(20)15-28)19-7-4-3-5-8-19/h3-14,29H,16-17H2,1-2H3/b12-11+. The number of ether oxygens (including phenoxy) is 1. The molecule has 31 heavy (non-hydrogen) atoms. The summed E-state index contributed by atoms with van der Waals surface area (Å²) in [5, 5.41) is 13.4. The molecule has 0 amide bonds. The Morgan fingerprint density at radius 2 is 1.84 bits per heavy atom. The van der Waals surface area contributed by atoms with Crippen LogP contribution in [0, 0.1) is 18.3 Å². The summed E-state index contributed by atoms with van der Waals surface area (Å²) in [7, 11) is 1.36. The Balaban J connectivity index is 1.85. The Bertz CT molecular complexity index is 1150. The minimum atomic E-state index is -0.311. The number of rotatable bonds is 7. The zero-order chi connectivity index (χ0) is 22.2. The van der Waals surface area contributed by atoms with Gasteiger partial charge in [0, 0.05) is 17.1 Å². The van der Waals surface area contributed by atoms with Crippen LogP contribution in [0.1, 0.15) is 27.8 Å². The summed E-state index contributed by atoms with van der Waals surface area (Å²) in [5.74, 6) is -0.311. The van der Waals surface area contributed by atoms with Crippen LogP contribution in [0.4, 0.5) is 0 Å². The highest BCUT2D eigenvalue weighted by atomic mass is 35.5. The zero-order valence-electron chi connectivity index (χ0n) is 17.5. The van der Waals surface area contributed by atoms with Crippen LogP contribution in [0.15, 0.2) is 60.7 Å². The summed E-state index contributed by atoms with van der Waals surface area (Å²) in [6, 6.07) is 21.9. The molecule has 0 aliphatic rings. The Labute approximate surface area is 187 Å². The first-order valence-electron chi connectivity index (χ1n) is 9.86. The molecule has 3 rings (SSSR count). The van der Waals surface area contributed by atoms with Gasteiger partial charge in [0.1, 0.15) is 6.07 Å². The second-order valence-corrected chi connectivity index (χ2v) is 7.47. The van der Waals surface area contributed by atoms with Crippen LogP contribution in [0.2, 0.25) is 5.02 Å². The van der Waals surface area contributed by atoms with Gasteiger partial charge in [-0.05, 0) is 40.8 Å². The van der Waals surface area contributed by atoms with E-state index in [1.807, 2.05) is 79.7 Å². The van der Waals surface area contributed by atoms with Gasteiger partial charge in [-0.2, -0.15) is 5.26 Å². The molecule has 156 valence electrons. The number of aryl methyl sites for hydroxylation is 1. The van der Waals surface area contributed by atoms with Gasteiger partial charge in [0.15, 0.2) is 0 Å². The normalized spacial score (nSPS) is 10.8. The molecule has 3 aromatic carbocycles. The van der Waals surface area contributed by atoms with Crippen LogP contribution in [-0.4, -0.2) is 19.6 Å². The molecule has 0 heterocycles. The molecule has 5 heteroatoms. The molecule has 4 nitrogen and oxygen atoms in total. The first-order valence-corrected chi connectivity index (χ1v) is 10.2. The van der Waals surface area contributed by atoms with Gasteiger partial charge < -0.3 is 10.1 Å². The third kappa shape index (κ3) is 5.61. The SMILES string of the molecule is COC(=O)CNCc1cc(Cl)c(/C=C/c2cccc(-c3ccccc3)c2C#N)cc1C. The van der Waals surface area contributed by atoms with Crippen LogP contribution in [0.3, 0.4) is 0 Å². The van der Waals surface area contributed by atoms with Crippen molar-refractivity contribution in [1.82, 2.24) is 5.32 Å². The van der Waals surface area contributed by atoms with Crippen LogP contribution in [0.25, 0.3) is 23.3 Å². The van der Waals surface area contributed by atoms with Gasteiger partial charge in [0.2, 0.25) is 0 Å².